The van der Waals surface area contributed by atoms with Crippen LogP contribution < -0.4 is 15.4 Å². The minimum Gasteiger partial charge on any atom is -0.432 e. The van der Waals surface area contributed by atoms with Crippen LogP contribution in [0.4, 0.5) is 18.9 Å². The van der Waals surface area contributed by atoms with Crippen molar-refractivity contribution >= 4 is 23.2 Å². The summed E-state index contributed by atoms with van der Waals surface area (Å²) in [5.74, 6) is -1.71. The largest absolute Gasteiger partial charge is 0.432 e. The fraction of sp³-hybridized carbons (Fsp3) is 0.278. The van der Waals surface area contributed by atoms with Crippen LogP contribution in [0.3, 0.4) is 0 Å². The first kappa shape index (κ1) is 20.9. The molecule has 9 heteroatoms. The molecule has 5 nitrogen and oxygen atoms in total. The van der Waals surface area contributed by atoms with Crippen LogP contribution in [-0.2, 0) is 11.3 Å². The number of benzene rings is 2. The van der Waals surface area contributed by atoms with Gasteiger partial charge in [-0.15, -0.1) is 0 Å². The molecule has 27 heavy (non-hydrogen) atoms. The zero-order chi connectivity index (χ0) is 19.8. The number of halogens is 4. The molecule has 2 aromatic rings. The van der Waals surface area contributed by atoms with Gasteiger partial charge in [0, 0.05) is 25.9 Å². The van der Waals surface area contributed by atoms with E-state index in [1.165, 1.54) is 13.2 Å². The van der Waals surface area contributed by atoms with E-state index in [0.29, 0.717) is 30.0 Å². The quantitative estimate of drug-likeness (QED) is 0.621. The van der Waals surface area contributed by atoms with Crippen molar-refractivity contribution in [2.24, 2.45) is 0 Å². The van der Waals surface area contributed by atoms with Crippen molar-refractivity contribution < 1.29 is 27.4 Å². The van der Waals surface area contributed by atoms with E-state index >= 15 is 0 Å². The lowest BCUT2D eigenvalue weighted by Gasteiger charge is -2.11. The van der Waals surface area contributed by atoms with Crippen LogP contribution in [0.2, 0.25) is 5.02 Å². The molecular formula is C18H18ClF3N2O3. The fourth-order valence-electron chi connectivity index (χ4n) is 2.22. The smallest absolute Gasteiger partial charge is 0.387 e. The average Bonchev–Trinajstić information content (AvgIpc) is 2.62. The van der Waals surface area contributed by atoms with Crippen LogP contribution in [0.15, 0.2) is 36.4 Å². The van der Waals surface area contributed by atoms with E-state index in [1.54, 1.807) is 18.2 Å². The van der Waals surface area contributed by atoms with Crippen LogP contribution in [0.1, 0.15) is 15.9 Å². The maximum Gasteiger partial charge on any atom is 0.387 e. The molecule has 0 unspecified atom stereocenters. The van der Waals surface area contributed by atoms with E-state index in [-0.39, 0.29) is 17.5 Å². The summed E-state index contributed by atoms with van der Waals surface area (Å²) < 4.78 is 46.9. The van der Waals surface area contributed by atoms with E-state index in [2.05, 4.69) is 15.4 Å². The van der Waals surface area contributed by atoms with Crippen LogP contribution in [0.5, 0.6) is 5.75 Å². The number of anilines is 1. The molecule has 0 aromatic heterocycles. The molecule has 0 aliphatic heterocycles. The van der Waals surface area contributed by atoms with E-state index < -0.39 is 18.2 Å². The first-order valence-electron chi connectivity index (χ1n) is 7.94. The van der Waals surface area contributed by atoms with Crippen molar-refractivity contribution in [3.8, 4) is 5.75 Å². The summed E-state index contributed by atoms with van der Waals surface area (Å²) in [6.45, 7) is -2.11. The highest BCUT2D eigenvalue weighted by Crippen LogP contribution is 2.23. The Labute approximate surface area is 159 Å². The maximum absolute atomic E-state index is 13.7. The fourth-order valence-corrected chi connectivity index (χ4v) is 2.49. The first-order valence-corrected chi connectivity index (χ1v) is 8.32. The van der Waals surface area contributed by atoms with Gasteiger partial charge in [-0.05, 0) is 35.9 Å². The highest BCUT2D eigenvalue weighted by molar-refractivity contribution is 6.34. The number of rotatable bonds is 9. The third-order valence-electron chi connectivity index (χ3n) is 3.51. The van der Waals surface area contributed by atoms with Crippen LogP contribution in [0, 0.1) is 5.82 Å². The van der Waals surface area contributed by atoms with Crippen molar-refractivity contribution in [2.75, 3.05) is 25.6 Å². The Hall–Kier alpha value is -2.45. The summed E-state index contributed by atoms with van der Waals surface area (Å²) in [6.07, 6.45) is 0. The van der Waals surface area contributed by atoms with Gasteiger partial charge in [-0.2, -0.15) is 8.78 Å². The minimum absolute atomic E-state index is 0.224. The number of carbonyl (C=O) groups excluding carboxylic acids is 1. The Kier molecular flexibility index (Phi) is 7.75. The highest BCUT2D eigenvalue weighted by atomic mass is 35.5. The molecule has 0 aliphatic carbocycles. The molecule has 0 spiro atoms. The second-order valence-electron chi connectivity index (χ2n) is 5.44. The average molecular weight is 403 g/mol. The second kappa shape index (κ2) is 10.0. The van der Waals surface area contributed by atoms with Gasteiger partial charge in [-0.3, -0.25) is 4.79 Å². The number of nitrogens with one attached hydrogen (secondary N) is 2. The van der Waals surface area contributed by atoms with Crippen molar-refractivity contribution in [2.45, 2.75) is 13.2 Å². The lowest BCUT2D eigenvalue weighted by molar-refractivity contribution is -0.0522. The molecule has 0 heterocycles. The van der Waals surface area contributed by atoms with Gasteiger partial charge in [0.25, 0.3) is 5.91 Å². The van der Waals surface area contributed by atoms with Gasteiger partial charge in [0.1, 0.15) is 0 Å². The van der Waals surface area contributed by atoms with Crippen molar-refractivity contribution in [3.63, 3.8) is 0 Å². The number of alkyl halides is 2. The van der Waals surface area contributed by atoms with E-state index in [1.807, 2.05) is 0 Å². The zero-order valence-electron chi connectivity index (χ0n) is 14.4. The van der Waals surface area contributed by atoms with Gasteiger partial charge in [0.2, 0.25) is 0 Å². The lowest BCUT2D eigenvalue weighted by atomic mass is 10.1. The summed E-state index contributed by atoms with van der Waals surface area (Å²) in [5.41, 5.74) is 1.45. The molecule has 2 N–H and O–H groups in total. The molecule has 2 aromatic carbocycles. The first-order chi connectivity index (χ1) is 12.9. The molecule has 1 amide bonds. The van der Waals surface area contributed by atoms with Gasteiger partial charge in [0.15, 0.2) is 11.6 Å². The molecule has 0 saturated heterocycles. The zero-order valence-corrected chi connectivity index (χ0v) is 15.2. The summed E-state index contributed by atoms with van der Waals surface area (Å²) in [6, 6.07) is 8.49. The van der Waals surface area contributed by atoms with Crippen molar-refractivity contribution in [1.29, 1.82) is 0 Å². The molecule has 0 atom stereocenters. The molecule has 2 rings (SSSR count). The van der Waals surface area contributed by atoms with Gasteiger partial charge in [-0.25, -0.2) is 4.39 Å². The van der Waals surface area contributed by atoms with Crippen LogP contribution in [-0.4, -0.2) is 32.8 Å². The van der Waals surface area contributed by atoms with E-state index in [9.17, 15) is 18.0 Å². The number of carbonyl (C=O) groups is 1. The summed E-state index contributed by atoms with van der Waals surface area (Å²) in [5, 5.41) is 5.93. The Morgan fingerprint density at radius 1 is 1.22 bits per heavy atom. The summed E-state index contributed by atoms with van der Waals surface area (Å²) in [4.78, 5) is 12.0. The number of methoxy groups -OCH3 is 1. The predicted molar refractivity (Wildman–Crippen MR) is 96.0 cm³/mol. The predicted octanol–water partition coefficient (Wildman–Crippen LogP) is 4.07. The van der Waals surface area contributed by atoms with Crippen molar-refractivity contribution in [1.82, 2.24) is 5.32 Å². The third-order valence-corrected chi connectivity index (χ3v) is 3.83. The van der Waals surface area contributed by atoms with Crippen LogP contribution in [0.25, 0.3) is 0 Å². The molecule has 0 radical (unpaired) electrons. The molecule has 0 saturated carbocycles. The summed E-state index contributed by atoms with van der Waals surface area (Å²) >= 11 is 6.13. The monoisotopic (exact) mass is 402 g/mol. The van der Waals surface area contributed by atoms with E-state index in [0.717, 1.165) is 12.1 Å². The minimum atomic E-state index is -3.09. The topological polar surface area (TPSA) is 59.6 Å². The lowest BCUT2D eigenvalue weighted by Crippen LogP contribution is -2.27. The third kappa shape index (κ3) is 6.33. The van der Waals surface area contributed by atoms with Crippen molar-refractivity contribution in [3.05, 3.63) is 58.4 Å². The highest BCUT2D eigenvalue weighted by Gasteiger charge is 2.12. The number of hydrogen-bond acceptors (Lipinski definition) is 4. The SMILES string of the molecule is COCCNC(=O)c1ccc(NCc2ccc(OC(F)F)c(F)c2)cc1Cl. The maximum atomic E-state index is 13.7. The molecule has 146 valence electrons. The van der Waals surface area contributed by atoms with E-state index in [4.69, 9.17) is 16.3 Å². The molecule has 0 aliphatic rings. The van der Waals surface area contributed by atoms with Gasteiger partial charge in [0.05, 0.1) is 17.2 Å². The van der Waals surface area contributed by atoms with Crippen LogP contribution >= 0.6 is 11.6 Å². The molecule has 0 bridgehead atoms. The Morgan fingerprint density at radius 3 is 2.63 bits per heavy atom. The molecule has 0 fully saturated rings. The Bertz CT molecular complexity index is 790. The Morgan fingerprint density at radius 2 is 2.00 bits per heavy atom. The number of hydrogen-bond donors (Lipinski definition) is 2. The second-order valence-corrected chi connectivity index (χ2v) is 5.85. The number of ether oxygens (including phenoxy) is 2. The normalized spacial score (nSPS) is 10.7. The number of amides is 1. The molecular weight excluding hydrogens is 385 g/mol. The van der Waals surface area contributed by atoms with Gasteiger partial charge >= 0.3 is 6.61 Å². The van der Waals surface area contributed by atoms with Gasteiger partial charge < -0.3 is 20.1 Å². The van der Waals surface area contributed by atoms with Gasteiger partial charge in [-0.1, -0.05) is 17.7 Å². The standard InChI is InChI=1S/C18H18ClF3N2O3/c1-26-7-6-23-17(25)13-4-3-12(9-14(13)19)24-10-11-2-5-16(15(20)8-11)27-18(21)22/h2-5,8-9,18,24H,6-7,10H2,1H3,(H,23,25). The summed E-state index contributed by atoms with van der Waals surface area (Å²) in [7, 11) is 1.53. The Balaban J connectivity index is 1.97.